The Morgan fingerprint density at radius 1 is 1.21 bits per heavy atom. The van der Waals surface area contributed by atoms with Gasteiger partial charge in [-0.15, -0.1) is 0 Å². The van der Waals surface area contributed by atoms with Crippen molar-refractivity contribution >= 4 is 5.69 Å². The second-order valence-electron chi connectivity index (χ2n) is 2.73. The summed E-state index contributed by atoms with van der Waals surface area (Å²) in [5.74, 6) is 0. The normalized spacial score (nSPS) is 9.71. The van der Waals surface area contributed by atoms with Crippen LogP contribution in [-0.4, -0.2) is 16.4 Å². The Morgan fingerprint density at radius 2 is 1.93 bits per heavy atom. The summed E-state index contributed by atoms with van der Waals surface area (Å²) in [5, 5.41) is 20.4. The summed E-state index contributed by atoms with van der Waals surface area (Å²) in [6.45, 7) is -0.207. The van der Waals surface area contributed by atoms with Crippen LogP contribution in [0.2, 0.25) is 0 Å². The molecule has 0 atom stereocenters. The predicted octanol–water partition coefficient (Wildman–Crippen LogP) is 1.41. The molecule has 0 heterocycles. The molecule has 0 spiro atoms. The van der Waals surface area contributed by atoms with Crippen LogP contribution in [0.4, 0.5) is 5.69 Å². The van der Waals surface area contributed by atoms with Gasteiger partial charge in [0.05, 0.1) is 4.92 Å². The quantitative estimate of drug-likeness (QED) is 0.538. The summed E-state index contributed by atoms with van der Waals surface area (Å²) >= 11 is 0. The van der Waals surface area contributed by atoms with Crippen molar-refractivity contribution in [1.29, 1.82) is 0 Å². The van der Waals surface area contributed by atoms with E-state index in [4.69, 9.17) is 0 Å². The average molecular weight is 196 g/mol. The molecule has 0 saturated heterocycles. The molecule has 0 aliphatic heterocycles. The molecule has 0 unspecified atom stereocenters. The monoisotopic (exact) mass is 196 g/mol. The van der Waals surface area contributed by atoms with E-state index in [-0.39, 0.29) is 18.7 Å². The van der Waals surface area contributed by atoms with Crippen LogP contribution in [0.5, 0.6) is 0 Å². The maximum Gasteiger partial charge on any atom is 0.269 e. The second-order valence-corrected chi connectivity index (χ2v) is 2.73. The number of nitrogens with zero attached hydrogens (tertiary/aromatic N) is 2. The van der Waals surface area contributed by atoms with E-state index in [9.17, 15) is 20.2 Å². The third-order valence-electron chi connectivity index (χ3n) is 1.70. The van der Waals surface area contributed by atoms with Gasteiger partial charge in [0.2, 0.25) is 6.54 Å². The molecule has 6 nitrogen and oxygen atoms in total. The van der Waals surface area contributed by atoms with Gasteiger partial charge in [-0.2, -0.15) is 0 Å². The number of rotatable bonds is 4. The summed E-state index contributed by atoms with van der Waals surface area (Å²) in [6.07, 6.45) is 0.217. The SMILES string of the molecule is O=[N+]([O-])CCc1cccc([N+](=O)[O-])c1. The minimum absolute atomic E-state index is 0.0363. The minimum atomic E-state index is -0.518. The fourth-order valence-corrected chi connectivity index (χ4v) is 1.05. The molecule has 0 saturated carbocycles. The highest BCUT2D eigenvalue weighted by atomic mass is 16.6. The Morgan fingerprint density at radius 3 is 2.50 bits per heavy atom. The Kier molecular flexibility index (Phi) is 3.11. The van der Waals surface area contributed by atoms with Crippen molar-refractivity contribution in [3.63, 3.8) is 0 Å². The molecule has 0 amide bonds. The first-order chi connectivity index (χ1) is 6.59. The van der Waals surface area contributed by atoms with Crippen molar-refractivity contribution in [3.8, 4) is 0 Å². The van der Waals surface area contributed by atoms with Gasteiger partial charge in [0, 0.05) is 23.5 Å². The van der Waals surface area contributed by atoms with Gasteiger partial charge in [0.15, 0.2) is 0 Å². The lowest BCUT2D eigenvalue weighted by Gasteiger charge is -1.96. The van der Waals surface area contributed by atoms with Crippen LogP contribution in [-0.2, 0) is 6.42 Å². The number of nitro groups is 2. The van der Waals surface area contributed by atoms with E-state index in [1.54, 1.807) is 6.07 Å². The van der Waals surface area contributed by atoms with Gasteiger partial charge in [-0.05, 0) is 5.56 Å². The lowest BCUT2D eigenvalue weighted by atomic mass is 10.1. The van der Waals surface area contributed by atoms with Crippen molar-refractivity contribution in [3.05, 3.63) is 50.1 Å². The molecule has 1 aromatic carbocycles. The maximum absolute atomic E-state index is 10.4. The maximum atomic E-state index is 10.4. The van der Waals surface area contributed by atoms with E-state index in [0.717, 1.165) is 0 Å². The van der Waals surface area contributed by atoms with Gasteiger partial charge >= 0.3 is 0 Å². The molecule has 0 radical (unpaired) electrons. The van der Waals surface area contributed by atoms with E-state index >= 15 is 0 Å². The second kappa shape index (κ2) is 4.31. The molecular formula is C8H8N2O4. The van der Waals surface area contributed by atoms with Gasteiger partial charge in [-0.1, -0.05) is 12.1 Å². The third-order valence-corrected chi connectivity index (χ3v) is 1.70. The van der Waals surface area contributed by atoms with Gasteiger partial charge in [0.25, 0.3) is 5.69 Å². The van der Waals surface area contributed by atoms with E-state index < -0.39 is 9.85 Å². The van der Waals surface area contributed by atoms with Crippen molar-refractivity contribution < 1.29 is 9.85 Å². The Labute approximate surface area is 79.5 Å². The molecule has 0 fully saturated rings. The molecule has 0 aliphatic carbocycles. The largest absolute Gasteiger partial charge is 0.269 e. The fraction of sp³-hybridized carbons (Fsp3) is 0.250. The Bertz CT molecular complexity index is 364. The summed E-state index contributed by atoms with van der Waals surface area (Å²) in [4.78, 5) is 19.5. The molecule has 0 N–H and O–H groups in total. The fourth-order valence-electron chi connectivity index (χ4n) is 1.05. The highest BCUT2D eigenvalue weighted by molar-refractivity contribution is 5.34. The molecule has 0 bridgehead atoms. The number of non-ortho nitro benzene ring substituents is 1. The molecular weight excluding hydrogens is 188 g/mol. The lowest BCUT2D eigenvalue weighted by molar-refractivity contribution is -0.479. The summed E-state index contributed by atoms with van der Waals surface area (Å²) in [7, 11) is 0. The number of hydrogen-bond donors (Lipinski definition) is 0. The van der Waals surface area contributed by atoms with Gasteiger partial charge in [-0.25, -0.2) is 0 Å². The Hall–Kier alpha value is -1.98. The topological polar surface area (TPSA) is 86.3 Å². The van der Waals surface area contributed by atoms with Crippen LogP contribution in [0.3, 0.4) is 0 Å². The zero-order valence-corrected chi connectivity index (χ0v) is 7.25. The first-order valence-electron chi connectivity index (χ1n) is 3.95. The lowest BCUT2D eigenvalue weighted by Crippen LogP contribution is -2.04. The molecule has 14 heavy (non-hydrogen) atoms. The number of benzene rings is 1. The van der Waals surface area contributed by atoms with Gasteiger partial charge in [0.1, 0.15) is 0 Å². The summed E-state index contributed by atoms with van der Waals surface area (Å²) in [5.41, 5.74) is 0.571. The number of hydrogen-bond acceptors (Lipinski definition) is 4. The molecule has 1 aromatic rings. The summed E-state index contributed by atoms with van der Waals surface area (Å²) < 4.78 is 0. The highest BCUT2D eigenvalue weighted by Crippen LogP contribution is 2.13. The van der Waals surface area contributed by atoms with Crippen molar-refractivity contribution in [2.75, 3.05) is 6.54 Å². The third kappa shape index (κ3) is 2.81. The van der Waals surface area contributed by atoms with Crippen LogP contribution < -0.4 is 0 Å². The van der Waals surface area contributed by atoms with Crippen LogP contribution >= 0.6 is 0 Å². The van der Waals surface area contributed by atoms with Gasteiger partial charge in [-0.3, -0.25) is 20.2 Å². The smallest absolute Gasteiger partial charge is 0.265 e. The highest BCUT2D eigenvalue weighted by Gasteiger charge is 2.06. The minimum Gasteiger partial charge on any atom is -0.265 e. The molecule has 0 aromatic heterocycles. The van der Waals surface area contributed by atoms with Crippen LogP contribution in [0.25, 0.3) is 0 Å². The summed E-state index contributed by atoms with van der Waals surface area (Å²) in [6, 6.07) is 5.86. The number of nitro benzene ring substituents is 1. The van der Waals surface area contributed by atoms with Crippen molar-refractivity contribution in [2.24, 2.45) is 0 Å². The average Bonchev–Trinajstić information content (AvgIpc) is 2.15. The predicted molar refractivity (Wildman–Crippen MR) is 48.7 cm³/mol. The first kappa shape index (κ1) is 10.1. The van der Waals surface area contributed by atoms with E-state index in [0.29, 0.717) is 5.56 Å². The zero-order chi connectivity index (χ0) is 10.6. The van der Waals surface area contributed by atoms with Crippen LogP contribution in [0, 0.1) is 20.2 Å². The molecule has 74 valence electrons. The standard InChI is InChI=1S/C8H8N2O4/c11-9(12)5-4-7-2-1-3-8(6-7)10(13)14/h1-3,6H,4-5H2. The Balaban J connectivity index is 2.73. The van der Waals surface area contributed by atoms with Gasteiger partial charge < -0.3 is 0 Å². The van der Waals surface area contributed by atoms with Crippen molar-refractivity contribution in [1.82, 2.24) is 0 Å². The van der Waals surface area contributed by atoms with E-state index in [1.807, 2.05) is 0 Å². The van der Waals surface area contributed by atoms with E-state index in [1.165, 1.54) is 18.2 Å². The van der Waals surface area contributed by atoms with Crippen LogP contribution in [0.15, 0.2) is 24.3 Å². The first-order valence-corrected chi connectivity index (χ1v) is 3.95. The van der Waals surface area contributed by atoms with Crippen LogP contribution in [0.1, 0.15) is 5.56 Å². The molecule has 1 rings (SSSR count). The van der Waals surface area contributed by atoms with E-state index in [2.05, 4.69) is 0 Å². The van der Waals surface area contributed by atoms with Crippen molar-refractivity contribution in [2.45, 2.75) is 6.42 Å². The molecule has 6 heteroatoms. The zero-order valence-electron chi connectivity index (χ0n) is 7.25. The molecule has 0 aliphatic rings.